The number of esters is 1. The van der Waals surface area contributed by atoms with Gasteiger partial charge in [-0.25, -0.2) is 4.79 Å². The van der Waals surface area contributed by atoms with Gasteiger partial charge in [0.25, 0.3) is 5.91 Å². The van der Waals surface area contributed by atoms with Crippen molar-refractivity contribution in [2.24, 2.45) is 0 Å². The van der Waals surface area contributed by atoms with Crippen molar-refractivity contribution in [1.82, 2.24) is 4.98 Å². The highest BCUT2D eigenvalue weighted by Crippen LogP contribution is 2.40. The van der Waals surface area contributed by atoms with Crippen LogP contribution in [0.5, 0.6) is 0 Å². The third-order valence-corrected chi connectivity index (χ3v) is 5.17. The largest absolute Gasteiger partial charge is 0.449 e. The smallest absolute Gasteiger partial charge is 0.339 e. The molecule has 1 heterocycles. The van der Waals surface area contributed by atoms with Crippen LogP contribution in [0.3, 0.4) is 0 Å². The maximum Gasteiger partial charge on any atom is 0.339 e. The van der Waals surface area contributed by atoms with Crippen LogP contribution in [-0.2, 0) is 9.53 Å². The van der Waals surface area contributed by atoms with Gasteiger partial charge in [0.2, 0.25) is 0 Å². The van der Waals surface area contributed by atoms with E-state index < -0.39 is 18.0 Å². The van der Waals surface area contributed by atoms with Gasteiger partial charge < -0.3 is 10.1 Å². The Balaban J connectivity index is 1.54. The monoisotopic (exact) mass is 402 g/mol. The van der Waals surface area contributed by atoms with Gasteiger partial charge in [-0.15, -0.1) is 0 Å². The minimum Gasteiger partial charge on any atom is -0.449 e. The molecule has 4 rings (SSSR count). The molecule has 1 saturated carbocycles. The highest BCUT2D eigenvalue weighted by molar-refractivity contribution is 6.07. The van der Waals surface area contributed by atoms with Gasteiger partial charge in [0.05, 0.1) is 16.8 Å². The lowest BCUT2D eigenvalue weighted by Gasteiger charge is -2.16. The number of nitrogens with zero attached hydrogens (tertiary/aromatic N) is 1. The lowest BCUT2D eigenvalue weighted by molar-refractivity contribution is -0.123. The lowest BCUT2D eigenvalue weighted by Crippen LogP contribution is -2.30. The fraction of sp³-hybridized carbons (Fsp3) is 0.250. The fourth-order valence-electron chi connectivity index (χ4n) is 3.36. The molecular formula is C24H22N2O4. The number of amides is 1. The molecule has 0 spiro atoms. The van der Waals surface area contributed by atoms with Crippen LogP contribution in [0.1, 0.15) is 59.0 Å². The normalized spacial score (nSPS) is 14.2. The van der Waals surface area contributed by atoms with E-state index in [4.69, 9.17) is 4.74 Å². The Labute approximate surface area is 174 Å². The molecule has 2 aromatic carbocycles. The average Bonchev–Trinajstić information content (AvgIpc) is 3.58. The van der Waals surface area contributed by atoms with Crippen molar-refractivity contribution in [1.29, 1.82) is 0 Å². The second-order valence-electron chi connectivity index (χ2n) is 7.52. The van der Waals surface area contributed by atoms with E-state index in [1.165, 1.54) is 13.8 Å². The van der Waals surface area contributed by atoms with Gasteiger partial charge >= 0.3 is 5.97 Å². The minimum atomic E-state index is -1.03. The number of nitrogens with one attached hydrogen (secondary N) is 1. The van der Waals surface area contributed by atoms with Crippen LogP contribution in [-0.4, -0.2) is 28.7 Å². The van der Waals surface area contributed by atoms with Crippen molar-refractivity contribution in [3.8, 4) is 0 Å². The molecule has 6 nitrogen and oxygen atoms in total. The maximum atomic E-state index is 12.9. The summed E-state index contributed by atoms with van der Waals surface area (Å²) in [7, 11) is 0. The molecule has 30 heavy (non-hydrogen) atoms. The number of hydrogen-bond donors (Lipinski definition) is 1. The molecule has 1 amide bonds. The van der Waals surface area contributed by atoms with Crippen LogP contribution in [0.25, 0.3) is 10.9 Å². The summed E-state index contributed by atoms with van der Waals surface area (Å²) in [4.78, 5) is 41.9. The number of benzene rings is 2. The SMILES string of the molecule is CC(=O)c1ccccc1NC(=O)[C@@H](C)OC(=O)c1cc(C2CC2)nc2ccccc12. The summed E-state index contributed by atoms with van der Waals surface area (Å²) in [6.07, 6.45) is 1.09. The third-order valence-electron chi connectivity index (χ3n) is 5.17. The number of aromatic nitrogens is 1. The minimum absolute atomic E-state index is 0.161. The fourth-order valence-corrected chi connectivity index (χ4v) is 3.36. The van der Waals surface area contributed by atoms with E-state index in [1.807, 2.05) is 24.3 Å². The molecule has 1 N–H and O–H groups in total. The van der Waals surface area contributed by atoms with Crippen molar-refractivity contribution in [3.63, 3.8) is 0 Å². The number of ether oxygens (including phenoxy) is 1. The first kappa shape index (κ1) is 19.8. The Morgan fingerprint density at radius 3 is 2.47 bits per heavy atom. The number of para-hydroxylation sites is 2. The number of Topliss-reactive ketones (excluding diaryl/α,β-unsaturated/α-hetero) is 1. The summed E-state index contributed by atoms with van der Waals surface area (Å²) >= 11 is 0. The van der Waals surface area contributed by atoms with Gasteiger partial charge in [-0.2, -0.15) is 0 Å². The number of hydrogen-bond acceptors (Lipinski definition) is 5. The first-order valence-electron chi connectivity index (χ1n) is 9.95. The molecule has 0 aliphatic heterocycles. The highest BCUT2D eigenvalue weighted by Gasteiger charge is 2.28. The molecule has 1 atom stereocenters. The predicted molar refractivity (Wildman–Crippen MR) is 114 cm³/mol. The molecule has 0 saturated heterocycles. The summed E-state index contributed by atoms with van der Waals surface area (Å²) in [6.45, 7) is 2.94. The van der Waals surface area contributed by atoms with E-state index in [0.29, 0.717) is 28.1 Å². The molecule has 0 radical (unpaired) electrons. The Bertz CT molecular complexity index is 1150. The summed E-state index contributed by atoms with van der Waals surface area (Å²) in [6, 6.07) is 15.9. The van der Waals surface area contributed by atoms with Crippen LogP contribution in [0, 0.1) is 0 Å². The van der Waals surface area contributed by atoms with E-state index in [2.05, 4.69) is 10.3 Å². The number of carbonyl (C=O) groups excluding carboxylic acids is 3. The van der Waals surface area contributed by atoms with Gasteiger partial charge in [-0.05, 0) is 51.0 Å². The lowest BCUT2D eigenvalue weighted by atomic mass is 10.1. The highest BCUT2D eigenvalue weighted by atomic mass is 16.5. The van der Waals surface area contributed by atoms with Gasteiger partial charge in [0, 0.05) is 22.6 Å². The van der Waals surface area contributed by atoms with Gasteiger partial charge in [0.1, 0.15) is 0 Å². The van der Waals surface area contributed by atoms with Crippen molar-refractivity contribution >= 4 is 34.3 Å². The number of pyridine rings is 1. The molecule has 1 aliphatic carbocycles. The molecule has 1 fully saturated rings. The summed E-state index contributed by atoms with van der Waals surface area (Å²) < 4.78 is 5.47. The average molecular weight is 402 g/mol. The summed E-state index contributed by atoms with van der Waals surface area (Å²) in [5.41, 5.74) is 2.82. The molecule has 3 aromatic rings. The molecule has 1 aliphatic rings. The van der Waals surface area contributed by atoms with E-state index >= 15 is 0 Å². The van der Waals surface area contributed by atoms with Crippen molar-refractivity contribution in [3.05, 3.63) is 71.4 Å². The van der Waals surface area contributed by atoms with Gasteiger partial charge in [-0.3, -0.25) is 14.6 Å². The van der Waals surface area contributed by atoms with E-state index in [1.54, 1.807) is 30.3 Å². The maximum absolute atomic E-state index is 12.9. The number of ketones is 1. The van der Waals surface area contributed by atoms with Crippen molar-refractivity contribution in [2.75, 3.05) is 5.32 Å². The molecule has 6 heteroatoms. The molecule has 0 unspecified atom stereocenters. The number of rotatable bonds is 6. The Hall–Kier alpha value is -3.54. The zero-order chi connectivity index (χ0) is 21.3. The predicted octanol–water partition coefficient (Wildman–Crippen LogP) is 4.50. The van der Waals surface area contributed by atoms with Crippen LogP contribution in [0.15, 0.2) is 54.6 Å². The second-order valence-corrected chi connectivity index (χ2v) is 7.52. The Morgan fingerprint density at radius 1 is 1.03 bits per heavy atom. The zero-order valence-electron chi connectivity index (χ0n) is 16.8. The topological polar surface area (TPSA) is 85.4 Å². The van der Waals surface area contributed by atoms with Gasteiger partial charge in [-0.1, -0.05) is 30.3 Å². The second kappa shape index (κ2) is 8.06. The first-order chi connectivity index (χ1) is 14.4. The number of carbonyl (C=O) groups is 3. The van der Waals surface area contributed by atoms with Gasteiger partial charge in [0.15, 0.2) is 11.9 Å². The van der Waals surface area contributed by atoms with Crippen molar-refractivity contribution < 1.29 is 19.1 Å². The number of anilines is 1. The molecule has 1 aromatic heterocycles. The van der Waals surface area contributed by atoms with Crippen LogP contribution < -0.4 is 5.32 Å². The van der Waals surface area contributed by atoms with Crippen LogP contribution in [0.2, 0.25) is 0 Å². The number of fused-ring (bicyclic) bond motifs is 1. The Kier molecular flexibility index (Phi) is 5.31. The molecule has 152 valence electrons. The third kappa shape index (κ3) is 4.08. The summed E-state index contributed by atoms with van der Waals surface area (Å²) in [5, 5.41) is 3.37. The standard InChI is InChI=1S/C24H22N2O4/c1-14(27)17-7-3-5-9-20(17)26-23(28)15(2)30-24(29)19-13-22(16-11-12-16)25-21-10-6-4-8-18(19)21/h3-10,13,15-16H,11-12H2,1-2H3,(H,26,28)/t15-/m1/s1. The van der Waals surface area contributed by atoms with Crippen LogP contribution in [0.4, 0.5) is 5.69 Å². The zero-order valence-corrected chi connectivity index (χ0v) is 16.8. The van der Waals surface area contributed by atoms with Crippen molar-refractivity contribution in [2.45, 2.75) is 38.7 Å². The van der Waals surface area contributed by atoms with E-state index in [0.717, 1.165) is 24.1 Å². The first-order valence-corrected chi connectivity index (χ1v) is 9.95. The van der Waals surface area contributed by atoms with Crippen LogP contribution >= 0.6 is 0 Å². The quantitative estimate of drug-likeness (QED) is 0.485. The Morgan fingerprint density at radius 2 is 1.73 bits per heavy atom. The molecular weight excluding hydrogens is 380 g/mol. The van der Waals surface area contributed by atoms with E-state index in [9.17, 15) is 14.4 Å². The molecule has 0 bridgehead atoms. The van der Waals surface area contributed by atoms with E-state index in [-0.39, 0.29) is 5.78 Å². The summed E-state index contributed by atoms with van der Waals surface area (Å²) in [5.74, 6) is -0.854.